The molecular formula is C11H19IN4O. The van der Waals surface area contributed by atoms with Gasteiger partial charge in [0.25, 0.3) is 5.91 Å². The van der Waals surface area contributed by atoms with Gasteiger partial charge in [-0.25, -0.2) is 0 Å². The number of aromatic nitrogens is 2. The molecule has 1 aromatic rings. The summed E-state index contributed by atoms with van der Waals surface area (Å²) in [7, 11) is 1.78. The van der Waals surface area contributed by atoms with Crippen molar-refractivity contribution in [3.8, 4) is 0 Å². The number of rotatable bonds is 6. The Bertz CT molecular complexity index is 354. The van der Waals surface area contributed by atoms with Gasteiger partial charge in [-0.15, -0.1) is 0 Å². The number of hydrogen-bond donors (Lipinski definition) is 1. The number of nitrogens with zero attached hydrogens (tertiary/aromatic N) is 3. The summed E-state index contributed by atoms with van der Waals surface area (Å²) in [5.41, 5.74) is 0.630. The maximum atomic E-state index is 11.9. The molecule has 6 heteroatoms. The number of amides is 1. The first-order chi connectivity index (χ1) is 8.10. The molecule has 1 rings (SSSR count). The fourth-order valence-electron chi connectivity index (χ4n) is 1.62. The van der Waals surface area contributed by atoms with Crippen LogP contribution in [0.3, 0.4) is 0 Å². The van der Waals surface area contributed by atoms with Gasteiger partial charge in [0.2, 0.25) is 0 Å². The number of nitrogens with one attached hydrogen (secondary N) is 1. The lowest BCUT2D eigenvalue weighted by Gasteiger charge is -2.17. The molecule has 0 aliphatic heterocycles. The van der Waals surface area contributed by atoms with Gasteiger partial charge in [0.05, 0.1) is 9.77 Å². The summed E-state index contributed by atoms with van der Waals surface area (Å²) in [6, 6.07) is 0. The molecule has 0 radical (unpaired) electrons. The highest BCUT2D eigenvalue weighted by molar-refractivity contribution is 14.1. The molecule has 17 heavy (non-hydrogen) atoms. The Labute approximate surface area is 116 Å². The van der Waals surface area contributed by atoms with Crippen molar-refractivity contribution in [1.29, 1.82) is 0 Å². The lowest BCUT2D eigenvalue weighted by atomic mass is 10.4. The van der Waals surface area contributed by atoms with E-state index in [0.29, 0.717) is 12.2 Å². The van der Waals surface area contributed by atoms with Crippen molar-refractivity contribution in [3.05, 3.63) is 15.5 Å². The number of halogens is 1. The van der Waals surface area contributed by atoms with Crippen molar-refractivity contribution < 1.29 is 4.79 Å². The second kappa shape index (κ2) is 6.95. The van der Waals surface area contributed by atoms with Crippen LogP contribution in [0.5, 0.6) is 0 Å². The van der Waals surface area contributed by atoms with Crippen molar-refractivity contribution in [2.45, 2.75) is 13.8 Å². The number of aryl methyl sites for hydroxylation is 1. The molecule has 1 heterocycles. The Balaban J connectivity index is 2.45. The van der Waals surface area contributed by atoms with Crippen LogP contribution in [0.25, 0.3) is 0 Å². The SMILES string of the molecule is CCN(CC)CCNC(=O)c1c(I)cnn1C. The van der Waals surface area contributed by atoms with E-state index < -0.39 is 0 Å². The summed E-state index contributed by atoms with van der Waals surface area (Å²) in [4.78, 5) is 14.2. The zero-order chi connectivity index (χ0) is 12.8. The molecule has 0 aliphatic carbocycles. The van der Waals surface area contributed by atoms with E-state index in [4.69, 9.17) is 0 Å². The fourth-order valence-corrected chi connectivity index (χ4v) is 2.34. The summed E-state index contributed by atoms with van der Waals surface area (Å²) in [5.74, 6) is -0.0541. The third-order valence-electron chi connectivity index (χ3n) is 2.72. The molecular weight excluding hydrogens is 331 g/mol. The number of carbonyl (C=O) groups excluding carboxylic acids is 1. The molecule has 0 bridgehead atoms. The van der Waals surface area contributed by atoms with Gasteiger partial charge in [-0.2, -0.15) is 5.10 Å². The number of hydrogen-bond acceptors (Lipinski definition) is 3. The predicted octanol–water partition coefficient (Wildman–Crippen LogP) is 1.10. The molecule has 0 atom stereocenters. The zero-order valence-corrected chi connectivity index (χ0v) is 12.7. The van der Waals surface area contributed by atoms with E-state index in [0.717, 1.165) is 23.2 Å². The van der Waals surface area contributed by atoms with E-state index in [1.54, 1.807) is 17.9 Å². The highest BCUT2D eigenvalue weighted by Gasteiger charge is 2.14. The van der Waals surface area contributed by atoms with Crippen LogP contribution in [0.2, 0.25) is 0 Å². The second-order valence-electron chi connectivity index (χ2n) is 3.75. The quantitative estimate of drug-likeness (QED) is 0.782. The highest BCUT2D eigenvalue weighted by atomic mass is 127. The van der Waals surface area contributed by atoms with Crippen LogP contribution in [0.15, 0.2) is 6.20 Å². The fraction of sp³-hybridized carbons (Fsp3) is 0.636. The van der Waals surface area contributed by atoms with E-state index in [1.165, 1.54) is 0 Å². The van der Waals surface area contributed by atoms with Crippen molar-refractivity contribution in [2.75, 3.05) is 26.2 Å². The van der Waals surface area contributed by atoms with Crippen LogP contribution in [0, 0.1) is 3.57 Å². The third kappa shape index (κ3) is 3.95. The van der Waals surface area contributed by atoms with Gasteiger partial charge < -0.3 is 10.2 Å². The smallest absolute Gasteiger partial charge is 0.270 e. The van der Waals surface area contributed by atoms with Gasteiger partial charge in [0.1, 0.15) is 5.69 Å². The molecule has 0 fully saturated rings. The van der Waals surface area contributed by atoms with Crippen molar-refractivity contribution >= 4 is 28.5 Å². The normalized spacial score (nSPS) is 10.9. The molecule has 1 N–H and O–H groups in total. The summed E-state index contributed by atoms with van der Waals surface area (Å²) < 4.78 is 2.49. The van der Waals surface area contributed by atoms with E-state index in [2.05, 4.69) is 51.8 Å². The Morgan fingerprint density at radius 3 is 2.65 bits per heavy atom. The van der Waals surface area contributed by atoms with Gasteiger partial charge in [-0.1, -0.05) is 13.8 Å². The first-order valence-corrected chi connectivity index (χ1v) is 6.86. The standard InChI is InChI=1S/C11H19IN4O/c1-4-16(5-2)7-6-13-11(17)10-9(12)8-14-15(10)3/h8H,4-7H2,1-3H3,(H,13,17). The van der Waals surface area contributed by atoms with Gasteiger partial charge in [0.15, 0.2) is 0 Å². The minimum absolute atomic E-state index is 0.0541. The maximum absolute atomic E-state index is 11.9. The number of likely N-dealkylation sites (N-methyl/N-ethyl adjacent to an activating group) is 1. The van der Waals surface area contributed by atoms with Crippen LogP contribution in [-0.2, 0) is 7.05 Å². The third-order valence-corrected chi connectivity index (χ3v) is 3.51. The van der Waals surface area contributed by atoms with Crippen LogP contribution in [0.4, 0.5) is 0 Å². The molecule has 1 aromatic heterocycles. The average Bonchev–Trinajstić information content (AvgIpc) is 2.64. The van der Waals surface area contributed by atoms with Gasteiger partial charge >= 0.3 is 0 Å². The molecule has 1 amide bonds. The molecule has 0 saturated carbocycles. The average molecular weight is 350 g/mol. The molecule has 5 nitrogen and oxygen atoms in total. The van der Waals surface area contributed by atoms with Crippen molar-refractivity contribution in [3.63, 3.8) is 0 Å². The molecule has 0 saturated heterocycles. The maximum Gasteiger partial charge on any atom is 0.270 e. The van der Waals surface area contributed by atoms with Crippen LogP contribution in [0.1, 0.15) is 24.3 Å². The van der Waals surface area contributed by atoms with E-state index in [-0.39, 0.29) is 5.91 Å². The summed E-state index contributed by atoms with van der Waals surface area (Å²) in [6.45, 7) is 7.81. The Morgan fingerprint density at radius 1 is 1.53 bits per heavy atom. The summed E-state index contributed by atoms with van der Waals surface area (Å²) >= 11 is 2.12. The first-order valence-electron chi connectivity index (χ1n) is 5.78. The first kappa shape index (κ1) is 14.4. The lowest BCUT2D eigenvalue weighted by molar-refractivity contribution is 0.0938. The summed E-state index contributed by atoms with van der Waals surface area (Å²) in [5, 5.41) is 6.97. The van der Waals surface area contributed by atoms with E-state index >= 15 is 0 Å². The van der Waals surface area contributed by atoms with E-state index in [1.807, 2.05) is 0 Å². The lowest BCUT2D eigenvalue weighted by Crippen LogP contribution is -2.35. The second-order valence-corrected chi connectivity index (χ2v) is 4.91. The number of carbonyl (C=O) groups is 1. The Kier molecular flexibility index (Phi) is 5.90. The van der Waals surface area contributed by atoms with Gasteiger partial charge in [-0.3, -0.25) is 9.48 Å². The van der Waals surface area contributed by atoms with Crippen molar-refractivity contribution in [1.82, 2.24) is 20.0 Å². The monoisotopic (exact) mass is 350 g/mol. The van der Waals surface area contributed by atoms with Crippen LogP contribution in [-0.4, -0.2) is 46.8 Å². The molecule has 96 valence electrons. The molecule has 0 spiro atoms. The van der Waals surface area contributed by atoms with Crippen LogP contribution >= 0.6 is 22.6 Å². The largest absolute Gasteiger partial charge is 0.349 e. The van der Waals surface area contributed by atoms with Crippen LogP contribution < -0.4 is 5.32 Å². The van der Waals surface area contributed by atoms with Crippen molar-refractivity contribution in [2.24, 2.45) is 7.05 Å². The Hall–Kier alpha value is -0.630. The highest BCUT2D eigenvalue weighted by Crippen LogP contribution is 2.09. The van der Waals surface area contributed by atoms with Gasteiger partial charge in [-0.05, 0) is 35.7 Å². The predicted molar refractivity (Wildman–Crippen MR) is 76.0 cm³/mol. The molecule has 0 unspecified atom stereocenters. The minimum Gasteiger partial charge on any atom is -0.349 e. The molecule has 0 aliphatic rings. The molecule has 0 aromatic carbocycles. The summed E-state index contributed by atoms with van der Waals surface area (Å²) in [6.07, 6.45) is 1.69. The van der Waals surface area contributed by atoms with Gasteiger partial charge in [0, 0.05) is 20.1 Å². The topological polar surface area (TPSA) is 50.2 Å². The minimum atomic E-state index is -0.0541. The van der Waals surface area contributed by atoms with E-state index in [9.17, 15) is 4.79 Å². The Morgan fingerprint density at radius 2 is 2.18 bits per heavy atom. The zero-order valence-electron chi connectivity index (χ0n) is 10.5.